The number of hydrogen-bond acceptors (Lipinski definition) is 5. The molecule has 0 atom stereocenters. The predicted octanol–water partition coefficient (Wildman–Crippen LogP) is 0.413. The molecule has 78 valence electrons. The predicted molar refractivity (Wildman–Crippen MR) is 47.7 cm³/mol. The second-order valence-electron chi connectivity index (χ2n) is 2.43. The van der Waals surface area contributed by atoms with E-state index in [0.29, 0.717) is 0 Å². The van der Waals surface area contributed by atoms with E-state index < -0.39 is 10.9 Å². The van der Waals surface area contributed by atoms with Gasteiger partial charge >= 0.3 is 5.97 Å². The topological polar surface area (TPSA) is 98.5 Å². The molecule has 1 N–H and O–H groups in total. The molecule has 0 fully saturated rings. The Bertz CT molecular complexity index is 387. The summed E-state index contributed by atoms with van der Waals surface area (Å²) in [6.07, 6.45) is 0.198. The molecule has 7 nitrogen and oxygen atoms in total. The van der Waals surface area contributed by atoms with Gasteiger partial charge in [-0.05, 0) is 12.1 Å². The molecule has 0 radical (unpaired) electrons. The van der Waals surface area contributed by atoms with Crippen LogP contribution < -0.4 is 5.48 Å². The fourth-order valence-electron chi connectivity index (χ4n) is 0.856. The minimum atomic E-state index is -0.794. The molecule has 1 aromatic carbocycles. The molecule has 1 aromatic rings. The lowest BCUT2D eigenvalue weighted by Gasteiger charge is -1.99. The van der Waals surface area contributed by atoms with E-state index in [-0.39, 0.29) is 17.7 Å². The molecule has 0 aliphatic rings. The highest BCUT2D eigenvalue weighted by Gasteiger charge is 2.10. The molecule has 0 heterocycles. The Morgan fingerprint density at radius 1 is 1.40 bits per heavy atom. The lowest BCUT2D eigenvalue weighted by Crippen LogP contribution is -2.17. The Morgan fingerprint density at radius 2 is 2.00 bits per heavy atom. The maximum atomic E-state index is 11.1. The van der Waals surface area contributed by atoms with Crippen molar-refractivity contribution in [3.8, 4) is 0 Å². The Kier molecular flexibility index (Phi) is 3.33. The minimum Gasteiger partial charge on any atom is -0.336 e. The highest BCUT2D eigenvalue weighted by Crippen LogP contribution is 2.12. The fraction of sp³-hybridized carbons (Fsp3) is 0. The summed E-state index contributed by atoms with van der Waals surface area (Å²) in [6.45, 7) is 0. The zero-order valence-electron chi connectivity index (χ0n) is 7.38. The Morgan fingerprint density at radius 3 is 2.47 bits per heavy atom. The Labute approximate surface area is 83.8 Å². The van der Waals surface area contributed by atoms with Crippen LogP contribution in [0.2, 0.25) is 0 Å². The molecule has 0 spiro atoms. The van der Waals surface area contributed by atoms with Crippen LogP contribution in [0.25, 0.3) is 0 Å². The first-order valence-corrected chi connectivity index (χ1v) is 3.80. The molecule has 0 aliphatic carbocycles. The number of carbonyl (C=O) groups excluding carboxylic acids is 2. The van der Waals surface area contributed by atoms with Gasteiger partial charge in [0.15, 0.2) is 0 Å². The van der Waals surface area contributed by atoms with Gasteiger partial charge in [-0.3, -0.25) is 14.9 Å². The molecule has 0 aliphatic heterocycles. The first-order valence-electron chi connectivity index (χ1n) is 3.80. The van der Waals surface area contributed by atoms with E-state index in [0.717, 1.165) is 12.1 Å². The van der Waals surface area contributed by atoms with Crippen molar-refractivity contribution in [2.24, 2.45) is 0 Å². The fourth-order valence-corrected chi connectivity index (χ4v) is 0.856. The highest BCUT2D eigenvalue weighted by atomic mass is 16.7. The van der Waals surface area contributed by atoms with Gasteiger partial charge in [0, 0.05) is 12.1 Å². The van der Waals surface area contributed by atoms with Crippen LogP contribution in [0.15, 0.2) is 24.3 Å². The number of rotatable bonds is 4. The largest absolute Gasteiger partial charge is 0.362 e. The van der Waals surface area contributed by atoms with Crippen molar-refractivity contribution in [1.29, 1.82) is 0 Å². The van der Waals surface area contributed by atoms with Crippen molar-refractivity contribution in [2.45, 2.75) is 0 Å². The average Bonchev–Trinajstić information content (AvgIpc) is 2.26. The number of benzene rings is 1. The number of nitrogens with zero attached hydrogens (tertiary/aromatic N) is 1. The van der Waals surface area contributed by atoms with Gasteiger partial charge < -0.3 is 4.84 Å². The van der Waals surface area contributed by atoms with E-state index in [1.54, 1.807) is 5.48 Å². The molecule has 7 heteroatoms. The monoisotopic (exact) mass is 210 g/mol. The molecule has 0 bridgehead atoms. The first-order chi connectivity index (χ1) is 7.15. The van der Waals surface area contributed by atoms with Gasteiger partial charge in [0.25, 0.3) is 5.69 Å². The molecule has 0 saturated carbocycles. The molecule has 0 saturated heterocycles. The lowest BCUT2D eigenvalue weighted by molar-refractivity contribution is -0.384. The SMILES string of the molecule is O=CNOC(=O)c1ccc([N+](=O)[O-])cc1. The van der Waals surface area contributed by atoms with E-state index in [2.05, 4.69) is 4.84 Å². The van der Waals surface area contributed by atoms with Crippen molar-refractivity contribution >= 4 is 18.1 Å². The van der Waals surface area contributed by atoms with E-state index in [4.69, 9.17) is 0 Å². The Hall–Kier alpha value is -2.44. The summed E-state index contributed by atoms with van der Waals surface area (Å²) < 4.78 is 0. The first kappa shape index (κ1) is 10.6. The summed E-state index contributed by atoms with van der Waals surface area (Å²) in [6, 6.07) is 4.79. The zero-order chi connectivity index (χ0) is 11.3. The molecule has 0 unspecified atom stereocenters. The lowest BCUT2D eigenvalue weighted by atomic mass is 10.2. The number of hydroxylamine groups is 1. The van der Waals surface area contributed by atoms with Crippen LogP contribution in [0.5, 0.6) is 0 Å². The van der Waals surface area contributed by atoms with Crippen LogP contribution in [0.3, 0.4) is 0 Å². The van der Waals surface area contributed by atoms with E-state index in [9.17, 15) is 19.7 Å². The maximum absolute atomic E-state index is 11.1. The van der Waals surface area contributed by atoms with Gasteiger partial charge in [-0.25, -0.2) is 4.79 Å². The third-order valence-electron chi connectivity index (χ3n) is 1.51. The van der Waals surface area contributed by atoms with Gasteiger partial charge in [0.05, 0.1) is 10.5 Å². The van der Waals surface area contributed by atoms with Crippen molar-refractivity contribution in [3.63, 3.8) is 0 Å². The summed E-state index contributed by atoms with van der Waals surface area (Å²) in [5.74, 6) is -0.794. The molecule has 0 aromatic heterocycles. The van der Waals surface area contributed by atoms with Gasteiger partial charge in [-0.1, -0.05) is 0 Å². The minimum absolute atomic E-state index is 0.106. The number of non-ortho nitro benzene ring substituents is 1. The van der Waals surface area contributed by atoms with Crippen LogP contribution >= 0.6 is 0 Å². The number of nitrogens with one attached hydrogen (secondary N) is 1. The van der Waals surface area contributed by atoms with E-state index >= 15 is 0 Å². The highest BCUT2D eigenvalue weighted by molar-refractivity contribution is 5.89. The summed E-state index contributed by atoms with van der Waals surface area (Å²) >= 11 is 0. The van der Waals surface area contributed by atoms with E-state index in [1.807, 2.05) is 0 Å². The second-order valence-corrected chi connectivity index (χ2v) is 2.43. The number of amides is 1. The summed E-state index contributed by atoms with van der Waals surface area (Å²) in [7, 11) is 0. The molecular weight excluding hydrogens is 204 g/mol. The average molecular weight is 210 g/mol. The summed E-state index contributed by atoms with van der Waals surface area (Å²) in [5.41, 5.74) is 1.70. The molecule has 1 amide bonds. The second kappa shape index (κ2) is 4.70. The van der Waals surface area contributed by atoms with Crippen LogP contribution in [-0.4, -0.2) is 17.3 Å². The van der Waals surface area contributed by atoms with Crippen LogP contribution in [0.1, 0.15) is 10.4 Å². The quantitative estimate of drug-likeness (QED) is 0.441. The van der Waals surface area contributed by atoms with E-state index in [1.165, 1.54) is 12.1 Å². The zero-order valence-corrected chi connectivity index (χ0v) is 7.38. The molecular formula is C8H6N2O5. The van der Waals surface area contributed by atoms with Crippen LogP contribution in [-0.2, 0) is 9.63 Å². The molecule has 1 rings (SSSR count). The van der Waals surface area contributed by atoms with Gasteiger partial charge in [0.2, 0.25) is 6.41 Å². The summed E-state index contributed by atoms with van der Waals surface area (Å²) in [4.78, 5) is 34.8. The number of nitro benzene ring substituents is 1. The maximum Gasteiger partial charge on any atom is 0.362 e. The number of hydrogen-bond donors (Lipinski definition) is 1. The van der Waals surface area contributed by atoms with Gasteiger partial charge in [-0.15, -0.1) is 0 Å². The van der Waals surface area contributed by atoms with Crippen LogP contribution in [0.4, 0.5) is 5.69 Å². The standard InChI is InChI=1S/C8H6N2O5/c11-5-9-15-8(12)6-1-3-7(4-2-6)10(13)14/h1-5H,(H,9,11). The smallest absolute Gasteiger partial charge is 0.336 e. The van der Waals surface area contributed by atoms with Crippen molar-refractivity contribution in [1.82, 2.24) is 5.48 Å². The van der Waals surface area contributed by atoms with Crippen molar-refractivity contribution in [2.75, 3.05) is 0 Å². The van der Waals surface area contributed by atoms with Gasteiger partial charge in [-0.2, -0.15) is 5.48 Å². The normalized spacial score (nSPS) is 9.07. The van der Waals surface area contributed by atoms with Crippen molar-refractivity contribution in [3.05, 3.63) is 39.9 Å². The molecule has 15 heavy (non-hydrogen) atoms. The Balaban J connectivity index is 2.75. The van der Waals surface area contributed by atoms with Crippen molar-refractivity contribution < 1.29 is 19.3 Å². The summed E-state index contributed by atoms with van der Waals surface area (Å²) in [5, 5.41) is 10.3. The number of carbonyl (C=O) groups is 2. The van der Waals surface area contributed by atoms with Gasteiger partial charge in [0.1, 0.15) is 0 Å². The number of nitro groups is 1. The third kappa shape index (κ3) is 2.76. The van der Waals surface area contributed by atoms with Crippen LogP contribution in [0, 0.1) is 10.1 Å². The third-order valence-corrected chi connectivity index (χ3v) is 1.51.